The van der Waals surface area contributed by atoms with E-state index in [-0.39, 0.29) is 30.0 Å². The maximum Gasteiger partial charge on any atom is 0.410 e. The molecule has 1 fully saturated rings. The van der Waals surface area contributed by atoms with Gasteiger partial charge in [0, 0.05) is 48.2 Å². The number of hydrogen-bond acceptors (Lipinski definition) is 9. The van der Waals surface area contributed by atoms with E-state index in [0.29, 0.717) is 61.7 Å². The molecule has 0 radical (unpaired) electrons. The van der Waals surface area contributed by atoms with Crippen molar-refractivity contribution >= 4 is 40.9 Å². The number of fused-ring (bicyclic) bond motifs is 2. The molecule has 0 aliphatic carbocycles. The molecule has 0 saturated carbocycles. The molecule has 0 unspecified atom stereocenters. The molecule has 286 valence electrons. The molecule has 4 aromatic rings. The summed E-state index contributed by atoms with van der Waals surface area (Å²) in [4.78, 5) is 53.3. The van der Waals surface area contributed by atoms with E-state index < -0.39 is 22.9 Å². The Labute approximate surface area is 315 Å². The fourth-order valence-electron chi connectivity index (χ4n) is 6.88. The molecule has 1 N–H and O–H groups in total. The third-order valence-corrected chi connectivity index (χ3v) is 9.90. The molecule has 0 bridgehead atoms. The van der Waals surface area contributed by atoms with E-state index in [9.17, 15) is 18.8 Å². The number of piperidine rings is 1. The predicted molar refractivity (Wildman–Crippen MR) is 205 cm³/mol. The van der Waals surface area contributed by atoms with E-state index in [1.807, 2.05) is 52.8 Å². The summed E-state index contributed by atoms with van der Waals surface area (Å²) in [7, 11) is 1.44. The molecule has 2 aliphatic heterocycles. The number of rotatable bonds is 9. The van der Waals surface area contributed by atoms with Gasteiger partial charge in [0.15, 0.2) is 11.5 Å². The van der Waals surface area contributed by atoms with Gasteiger partial charge in [-0.05, 0) is 95.2 Å². The van der Waals surface area contributed by atoms with Gasteiger partial charge in [-0.25, -0.2) is 9.18 Å². The van der Waals surface area contributed by atoms with Gasteiger partial charge in [0.25, 0.3) is 11.8 Å². The number of nitrogens with zero attached hydrogens (tertiary/aromatic N) is 7. The number of aromatic nitrogens is 4. The van der Waals surface area contributed by atoms with Gasteiger partial charge in [-0.3, -0.25) is 14.5 Å². The van der Waals surface area contributed by atoms with Crippen LogP contribution in [0.4, 0.5) is 26.5 Å². The summed E-state index contributed by atoms with van der Waals surface area (Å²) in [6.45, 7) is 18.0. The van der Waals surface area contributed by atoms with Crippen LogP contribution in [-0.4, -0.2) is 79.8 Å². The number of hydrogen-bond donors (Lipinski definition) is 1. The number of benzene rings is 2. The van der Waals surface area contributed by atoms with E-state index in [4.69, 9.17) is 19.4 Å². The lowest BCUT2D eigenvalue weighted by molar-refractivity contribution is -0.116. The maximum atomic E-state index is 13.8. The topological polar surface area (TPSA) is 135 Å². The van der Waals surface area contributed by atoms with E-state index in [1.165, 1.54) is 7.05 Å². The fourth-order valence-corrected chi connectivity index (χ4v) is 6.88. The van der Waals surface area contributed by atoms with Crippen LogP contribution in [0, 0.1) is 0 Å². The minimum atomic E-state index is -1.08. The summed E-state index contributed by atoms with van der Waals surface area (Å²) in [5.74, 6) is -1.60. The maximum absolute atomic E-state index is 13.8. The molecule has 14 heteroatoms. The molecule has 0 spiro atoms. The predicted octanol–water partition coefficient (Wildman–Crippen LogP) is 7.07. The lowest BCUT2D eigenvalue weighted by Gasteiger charge is -2.45. The van der Waals surface area contributed by atoms with Crippen molar-refractivity contribution in [3.8, 4) is 6.01 Å². The summed E-state index contributed by atoms with van der Waals surface area (Å²) >= 11 is 0. The van der Waals surface area contributed by atoms with Crippen LogP contribution in [0.25, 0.3) is 5.65 Å². The second-order valence-electron chi connectivity index (χ2n) is 15.8. The Balaban J connectivity index is 1.23. The van der Waals surface area contributed by atoms with Crippen molar-refractivity contribution in [2.24, 2.45) is 0 Å². The zero-order valence-electron chi connectivity index (χ0n) is 32.3. The quantitative estimate of drug-likeness (QED) is 0.179. The van der Waals surface area contributed by atoms with Crippen molar-refractivity contribution < 1.29 is 28.2 Å². The number of carbonyl (C=O) groups is 3. The summed E-state index contributed by atoms with van der Waals surface area (Å²) < 4.78 is 27.4. The van der Waals surface area contributed by atoms with Crippen LogP contribution in [0.15, 0.2) is 61.1 Å². The van der Waals surface area contributed by atoms with E-state index in [2.05, 4.69) is 30.8 Å². The fraction of sp³-hybridized carbons (Fsp3) is 0.450. The molecule has 2 aliphatic rings. The summed E-state index contributed by atoms with van der Waals surface area (Å²) in [6.07, 6.45) is 3.11. The SMILES string of the molecule is C=C(F)C(=O)N(C)c1cccc(C(=O)N2CCc3c(CNc4nc(O[C@@H]5CCC(C)(C)N(C(=O)OC(C)(C)C)C5)nc5c(C(C)C)cnn45)cccc32)c1. The molecule has 1 saturated heterocycles. The van der Waals surface area contributed by atoms with Gasteiger partial charge in [0.2, 0.25) is 5.95 Å². The Morgan fingerprint density at radius 3 is 2.57 bits per heavy atom. The average molecular weight is 741 g/mol. The van der Waals surface area contributed by atoms with Crippen LogP contribution >= 0.6 is 0 Å². The monoisotopic (exact) mass is 740 g/mol. The molecule has 2 aromatic heterocycles. The smallest absolute Gasteiger partial charge is 0.410 e. The number of nitrogens with one attached hydrogen (secondary N) is 1. The van der Waals surface area contributed by atoms with E-state index in [1.54, 1.807) is 44.8 Å². The second-order valence-corrected chi connectivity index (χ2v) is 15.8. The van der Waals surface area contributed by atoms with Crippen molar-refractivity contribution in [2.45, 2.75) is 97.4 Å². The highest BCUT2D eigenvalue weighted by atomic mass is 19.1. The number of halogens is 1. The molecule has 6 rings (SSSR count). The summed E-state index contributed by atoms with van der Waals surface area (Å²) in [6, 6.07) is 12.6. The Morgan fingerprint density at radius 1 is 1.13 bits per heavy atom. The van der Waals surface area contributed by atoms with Gasteiger partial charge in [-0.2, -0.15) is 19.6 Å². The molecular weight excluding hydrogens is 691 g/mol. The number of amides is 3. The Morgan fingerprint density at radius 2 is 1.87 bits per heavy atom. The summed E-state index contributed by atoms with van der Waals surface area (Å²) in [5, 5.41) is 8.06. The van der Waals surface area contributed by atoms with Gasteiger partial charge in [-0.1, -0.05) is 38.6 Å². The molecule has 2 aromatic carbocycles. The summed E-state index contributed by atoms with van der Waals surface area (Å²) in [5.41, 5.74) is 4.08. The minimum Gasteiger partial charge on any atom is -0.458 e. The number of likely N-dealkylation sites (tertiary alicyclic amines) is 1. The first-order valence-electron chi connectivity index (χ1n) is 18.3. The highest BCUT2D eigenvalue weighted by molar-refractivity contribution is 6.09. The third-order valence-electron chi connectivity index (χ3n) is 9.90. The van der Waals surface area contributed by atoms with Crippen LogP contribution < -0.4 is 19.9 Å². The second kappa shape index (κ2) is 14.7. The van der Waals surface area contributed by atoms with Gasteiger partial charge in [-0.15, -0.1) is 0 Å². The zero-order valence-corrected chi connectivity index (χ0v) is 32.3. The molecule has 3 amide bonds. The average Bonchev–Trinajstić information content (AvgIpc) is 3.75. The molecular formula is C40H49FN8O5. The highest BCUT2D eigenvalue weighted by Gasteiger charge is 2.40. The van der Waals surface area contributed by atoms with Crippen LogP contribution in [0.3, 0.4) is 0 Å². The molecule has 4 heterocycles. The van der Waals surface area contributed by atoms with Crippen molar-refractivity contribution in [2.75, 3.05) is 35.3 Å². The van der Waals surface area contributed by atoms with Gasteiger partial charge < -0.3 is 24.6 Å². The van der Waals surface area contributed by atoms with Crippen molar-refractivity contribution in [1.82, 2.24) is 24.5 Å². The van der Waals surface area contributed by atoms with Crippen molar-refractivity contribution in [3.05, 3.63) is 83.3 Å². The van der Waals surface area contributed by atoms with Crippen LogP contribution in [-0.2, 0) is 22.5 Å². The largest absolute Gasteiger partial charge is 0.458 e. The van der Waals surface area contributed by atoms with Crippen LogP contribution in [0.1, 0.15) is 94.3 Å². The number of carbonyl (C=O) groups excluding carboxylic acids is 3. The lowest BCUT2D eigenvalue weighted by atomic mass is 9.89. The van der Waals surface area contributed by atoms with Crippen molar-refractivity contribution in [3.63, 3.8) is 0 Å². The third kappa shape index (κ3) is 7.87. The van der Waals surface area contributed by atoms with Crippen LogP contribution in [0.2, 0.25) is 0 Å². The first kappa shape index (κ1) is 38.2. The molecule has 54 heavy (non-hydrogen) atoms. The first-order chi connectivity index (χ1) is 25.4. The Bertz CT molecular complexity index is 2110. The highest BCUT2D eigenvalue weighted by Crippen LogP contribution is 2.34. The Hall–Kier alpha value is -5.53. The van der Waals surface area contributed by atoms with Gasteiger partial charge >= 0.3 is 12.1 Å². The van der Waals surface area contributed by atoms with E-state index in [0.717, 1.165) is 27.3 Å². The van der Waals surface area contributed by atoms with Crippen molar-refractivity contribution in [1.29, 1.82) is 0 Å². The van der Waals surface area contributed by atoms with Gasteiger partial charge in [0.05, 0.1) is 12.7 Å². The first-order valence-corrected chi connectivity index (χ1v) is 18.3. The number of likely N-dealkylation sites (N-methyl/N-ethyl adjacent to an activating group) is 1. The number of ether oxygens (including phenoxy) is 2. The molecule has 1 atom stereocenters. The number of anilines is 3. The minimum absolute atomic E-state index is 0.141. The Kier molecular flexibility index (Phi) is 10.4. The van der Waals surface area contributed by atoms with Crippen LogP contribution in [0.5, 0.6) is 6.01 Å². The van der Waals surface area contributed by atoms with Gasteiger partial charge in [0.1, 0.15) is 11.7 Å². The normalized spacial score (nSPS) is 16.7. The zero-order chi connectivity index (χ0) is 39.1. The molecule has 13 nitrogen and oxygen atoms in total. The standard InChI is InChI=1S/C40H49FN8O5/c1-24(2)31-22-43-49-33(31)44-37(53-29-16-18-40(7,8)48(23-29)38(52)54-39(4,5)6)45-36(49)42-21-27-13-11-15-32-30(27)17-19-47(32)35(51)26-12-10-14-28(20-26)46(9)34(50)25(3)41/h10-15,20,22,24,29H,3,16-19,21,23H2,1-2,4-9H3,(H,42,44,45)/t29-/m1/s1. The van der Waals surface area contributed by atoms with E-state index >= 15 is 0 Å². The lowest BCUT2D eigenvalue weighted by Crippen LogP contribution is -2.56.